The number of carbonyl (C=O) groups is 1. The van der Waals surface area contributed by atoms with Crippen molar-refractivity contribution in [3.05, 3.63) is 81.7 Å². The lowest BCUT2D eigenvalue weighted by atomic mass is 10.2. The molecule has 5 heteroatoms. The van der Waals surface area contributed by atoms with Crippen molar-refractivity contribution in [3.63, 3.8) is 0 Å². The van der Waals surface area contributed by atoms with Crippen LogP contribution in [-0.2, 0) is 11.3 Å². The zero-order chi connectivity index (χ0) is 15.4. The minimum absolute atomic E-state index is 0.253. The van der Waals surface area contributed by atoms with Crippen LogP contribution in [0.1, 0.15) is 15.9 Å². The summed E-state index contributed by atoms with van der Waals surface area (Å²) in [6, 6.07) is 17.0. The highest BCUT2D eigenvalue weighted by atomic mass is 127. The van der Waals surface area contributed by atoms with Gasteiger partial charge in [0.2, 0.25) is 0 Å². The molecule has 0 fully saturated rings. The fourth-order valence-electron chi connectivity index (χ4n) is 2.02. The first-order valence-corrected chi connectivity index (χ1v) is 7.82. The first-order chi connectivity index (χ1) is 10.7. The summed E-state index contributed by atoms with van der Waals surface area (Å²) in [7, 11) is 0. The van der Waals surface area contributed by atoms with Crippen LogP contribution in [0.5, 0.6) is 0 Å². The van der Waals surface area contributed by atoms with Crippen molar-refractivity contribution in [2.75, 3.05) is 0 Å². The van der Waals surface area contributed by atoms with Gasteiger partial charge >= 0.3 is 5.97 Å². The number of benzene rings is 2. The quantitative estimate of drug-likeness (QED) is 0.491. The van der Waals surface area contributed by atoms with E-state index in [2.05, 4.69) is 27.7 Å². The zero-order valence-corrected chi connectivity index (χ0v) is 13.8. The summed E-state index contributed by atoms with van der Waals surface area (Å²) in [6.07, 6.45) is 3.61. The van der Waals surface area contributed by atoms with E-state index in [-0.39, 0.29) is 12.6 Å². The number of carbonyl (C=O) groups excluding carboxylic acids is 1. The Bertz CT molecular complexity index is 768. The molecule has 0 unspecified atom stereocenters. The Balaban J connectivity index is 1.64. The van der Waals surface area contributed by atoms with E-state index < -0.39 is 0 Å². The number of ether oxygens (including phenoxy) is 1. The van der Waals surface area contributed by atoms with E-state index in [9.17, 15) is 4.79 Å². The van der Waals surface area contributed by atoms with Crippen LogP contribution in [0.15, 0.2) is 67.0 Å². The van der Waals surface area contributed by atoms with Crippen LogP contribution in [0, 0.1) is 3.57 Å². The van der Waals surface area contributed by atoms with Crippen molar-refractivity contribution < 1.29 is 9.53 Å². The number of nitrogens with zero attached hydrogens (tertiary/aromatic N) is 2. The van der Waals surface area contributed by atoms with Crippen LogP contribution in [0.4, 0.5) is 0 Å². The highest BCUT2D eigenvalue weighted by Crippen LogP contribution is 2.14. The molecule has 1 heterocycles. The van der Waals surface area contributed by atoms with Crippen LogP contribution in [0.2, 0.25) is 0 Å². The van der Waals surface area contributed by atoms with Crippen LogP contribution in [0.25, 0.3) is 5.69 Å². The topological polar surface area (TPSA) is 44.1 Å². The monoisotopic (exact) mass is 404 g/mol. The molecule has 0 saturated carbocycles. The highest BCUT2D eigenvalue weighted by molar-refractivity contribution is 14.1. The van der Waals surface area contributed by atoms with Crippen LogP contribution in [0.3, 0.4) is 0 Å². The van der Waals surface area contributed by atoms with Gasteiger partial charge in [-0.3, -0.25) is 0 Å². The fourth-order valence-corrected chi connectivity index (χ4v) is 2.63. The van der Waals surface area contributed by atoms with Gasteiger partial charge in [-0.25, -0.2) is 9.48 Å². The van der Waals surface area contributed by atoms with Gasteiger partial charge in [-0.2, -0.15) is 5.10 Å². The molecule has 2 aromatic carbocycles. The molecule has 0 aliphatic heterocycles. The molecule has 0 aliphatic rings. The first kappa shape index (κ1) is 14.8. The molecule has 22 heavy (non-hydrogen) atoms. The molecule has 0 atom stereocenters. The van der Waals surface area contributed by atoms with Gasteiger partial charge in [-0.1, -0.05) is 24.3 Å². The number of halogens is 1. The first-order valence-electron chi connectivity index (χ1n) is 6.74. The second-order valence-electron chi connectivity index (χ2n) is 4.67. The van der Waals surface area contributed by atoms with E-state index in [1.54, 1.807) is 16.9 Å². The largest absolute Gasteiger partial charge is 0.457 e. The minimum Gasteiger partial charge on any atom is -0.457 e. The second-order valence-corrected chi connectivity index (χ2v) is 5.84. The molecule has 110 valence electrons. The SMILES string of the molecule is O=C(OCc1ccc(-n2cccn2)cc1)c1ccccc1I. The molecule has 3 rings (SSSR count). The molecule has 0 aliphatic carbocycles. The fraction of sp³-hybridized carbons (Fsp3) is 0.0588. The summed E-state index contributed by atoms with van der Waals surface area (Å²) < 4.78 is 8.03. The van der Waals surface area contributed by atoms with Gasteiger partial charge in [0.25, 0.3) is 0 Å². The Morgan fingerprint density at radius 2 is 1.86 bits per heavy atom. The third kappa shape index (κ3) is 3.36. The molecule has 3 aromatic rings. The molecule has 0 spiro atoms. The maximum atomic E-state index is 12.1. The van der Waals surface area contributed by atoms with E-state index >= 15 is 0 Å². The van der Waals surface area contributed by atoms with E-state index in [4.69, 9.17) is 4.74 Å². The van der Waals surface area contributed by atoms with Crippen molar-refractivity contribution in [1.82, 2.24) is 9.78 Å². The van der Waals surface area contributed by atoms with E-state index in [1.807, 2.05) is 54.7 Å². The van der Waals surface area contributed by atoms with Gasteiger partial charge in [-0.05, 0) is 58.5 Å². The molecular formula is C17H13IN2O2. The van der Waals surface area contributed by atoms with Crippen molar-refractivity contribution in [2.24, 2.45) is 0 Å². The Kier molecular flexibility index (Phi) is 4.53. The van der Waals surface area contributed by atoms with Gasteiger partial charge in [0.05, 0.1) is 11.3 Å². The lowest BCUT2D eigenvalue weighted by Crippen LogP contribution is -2.07. The molecule has 0 saturated heterocycles. The predicted octanol–water partition coefficient (Wildman–Crippen LogP) is 3.83. The average molecular weight is 404 g/mol. The summed E-state index contributed by atoms with van der Waals surface area (Å²) >= 11 is 2.13. The Morgan fingerprint density at radius 3 is 2.55 bits per heavy atom. The Hall–Kier alpha value is -2.15. The third-order valence-corrected chi connectivity index (χ3v) is 4.11. The number of rotatable bonds is 4. The van der Waals surface area contributed by atoms with Gasteiger partial charge in [0, 0.05) is 16.0 Å². The molecular weight excluding hydrogens is 391 g/mol. The summed E-state index contributed by atoms with van der Waals surface area (Å²) in [5.41, 5.74) is 2.50. The van der Waals surface area contributed by atoms with E-state index in [1.165, 1.54) is 0 Å². The predicted molar refractivity (Wildman–Crippen MR) is 91.8 cm³/mol. The van der Waals surface area contributed by atoms with Gasteiger partial charge in [0.15, 0.2) is 0 Å². The molecule has 0 amide bonds. The maximum absolute atomic E-state index is 12.1. The Morgan fingerprint density at radius 1 is 1.09 bits per heavy atom. The standard InChI is InChI=1S/C17H13IN2O2/c18-16-5-2-1-4-15(16)17(21)22-12-13-6-8-14(9-7-13)20-11-3-10-19-20/h1-11H,12H2. The minimum atomic E-state index is -0.304. The number of esters is 1. The highest BCUT2D eigenvalue weighted by Gasteiger charge is 2.10. The van der Waals surface area contributed by atoms with Crippen molar-refractivity contribution in [1.29, 1.82) is 0 Å². The third-order valence-electron chi connectivity index (χ3n) is 3.17. The summed E-state index contributed by atoms with van der Waals surface area (Å²) in [4.78, 5) is 12.1. The number of aromatic nitrogens is 2. The summed E-state index contributed by atoms with van der Waals surface area (Å²) in [6.45, 7) is 0.253. The van der Waals surface area contributed by atoms with Crippen LogP contribution >= 0.6 is 22.6 Å². The smallest absolute Gasteiger partial charge is 0.339 e. The van der Waals surface area contributed by atoms with Gasteiger partial charge in [0.1, 0.15) is 6.61 Å². The van der Waals surface area contributed by atoms with Crippen LogP contribution in [-0.4, -0.2) is 15.7 Å². The zero-order valence-electron chi connectivity index (χ0n) is 11.6. The normalized spacial score (nSPS) is 10.4. The van der Waals surface area contributed by atoms with Crippen molar-refractivity contribution >= 4 is 28.6 Å². The van der Waals surface area contributed by atoms with Gasteiger partial charge < -0.3 is 4.74 Å². The lowest BCUT2D eigenvalue weighted by molar-refractivity contribution is 0.0471. The Labute approximate surface area is 141 Å². The molecule has 0 radical (unpaired) electrons. The summed E-state index contributed by atoms with van der Waals surface area (Å²) in [5, 5.41) is 4.17. The molecule has 1 aromatic heterocycles. The van der Waals surface area contributed by atoms with E-state index in [0.29, 0.717) is 5.56 Å². The van der Waals surface area contributed by atoms with E-state index in [0.717, 1.165) is 14.8 Å². The van der Waals surface area contributed by atoms with Crippen molar-refractivity contribution in [3.8, 4) is 5.69 Å². The van der Waals surface area contributed by atoms with Crippen molar-refractivity contribution in [2.45, 2.75) is 6.61 Å². The average Bonchev–Trinajstić information content (AvgIpc) is 3.08. The number of hydrogen-bond acceptors (Lipinski definition) is 3. The number of hydrogen-bond donors (Lipinski definition) is 0. The maximum Gasteiger partial charge on any atom is 0.339 e. The summed E-state index contributed by atoms with van der Waals surface area (Å²) in [5.74, 6) is -0.304. The van der Waals surface area contributed by atoms with Gasteiger partial charge in [-0.15, -0.1) is 0 Å². The molecule has 4 nitrogen and oxygen atoms in total. The second kappa shape index (κ2) is 6.74. The molecule has 0 N–H and O–H groups in total. The lowest BCUT2D eigenvalue weighted by Gasteiger charge is -2.07. The molecule has 0 bridgehead atoms. The van der Waals surface area contributed by atoms with Crippen LogP contribution < -0.4 is 0 Å².